The van der Waals surface area contributed by atoms with Crippen LogP contribution in [0.3, 0.4) is 0 Å². The van der Waals surface area contributed by atoms with Crippen molar-refractivity contribution >= 4 is 17.1 Å². The topological polar surface area (TPSA) is 108 Å². The van der Waals surface area contributed by atoms with Crippen LogP contribution in [-0.4, -0.2) is 41.9 Å². The maximum atomic E-state index is 12.9. The highest BCUT2D eigenvalue weighted by Crippen LogP contribution is 2.27. The average Bonchev–Trinajstić information content (AvgIpc) is 3.06. The highest BCUT2D eigenvalue weighted by molar-refractivity contribution is 5.85. The first kappa shape index (κ1) is 20.2. The molecule has 0 fully saturated rings. The minimum Gasteiger partial charge on any atom is -0.406 e. The number of pyridine rings is 1. The molecular weight excluding hydrogens is 415 g/mol. The molecule has 31 heavy (non-hydrogen) atoms. The van der Waals surface area contributed by atoms with E-state index < -0.39 is 18.7 Å². The molecule has 0 saturated carbocycles. The van der Waals surface area contributed by atoms with Gasteiger partial charge in [-0.05, 0) is 30.7 Å². The van der Waals surface area contributed by atoms with Gasteiger partial charge in [-0.3, -0.25) is 0 Å². The van der Waals surface area contributed by atoms with E-state index >= 15 is 0 Å². The van der Waals surface area contributed by atoms with Gasteiger partial charge in [0.05, 0.1) is 18.3 Å². The van der Waals surface area contributed by atoms with Gasteiger partial charge >= 0.3 is 12.3 Å². The monoisotopic (exact) mass is 429 g/mol. The fourth-order valence-electron chi connectivity index (χ4n) is 2.87. The third-order valence-electron chi connectivity index (χ3n) is 4.15. The smallest absolute Gasteiger partial charge is 0.406 e. The number of nitrogens with one attached hydrogen (secondary N) is 1. The van der Waals surface area contributed by atoms with Crippen LogP contribution in [0.25, 0.3) is 22.7 Å². The second kappa shape index (κ2) is 7.97. The molecule has 1 N–H and O–H groups in total. The van der Waals surface area contributed by atoms with Crippen LogP contribution in [0, 0.1) is 6.92 Å². The van der Waals surface area contributed by atoms with Gasteiger partial charge in [0.1, 0.15) is 0 Å². The minimum absolute atomic E-state index is 0.0253. The van der Waals surface area contributed by atoms with E-state index in [1.54, 1.807) is 25.4 Å². The van der Waals surface area contributed by atoms with E-state index in [0.29, 0.717) is 11.5 Å². The molecule has 0 spiro atoms. The van der Waals surface area contributed by atoms with Gasteiger partial charge < -0.3 is 4.74 Å². The predicted molar refractivity (Wildman–Crippen MR) is 103 cm³/mol. The fraction of sp³-hybridized carbons (Fsp3) is 0.158. The Morgan fingerprint density at radius 2 is 1.84 bits per heavy atom. The Bertz CT molecular complexity index is 1240. The van der Waals surface area contributed by atoms with Crippen molar-refractivity contribution in [1.82, 2.24) is 29.6 Å². The Hall–Kier alpha value is -4.09. The first-order valence-electron chi connectivity index (χ1n) is 8.92. The zero-order valence-electron chi connectivity index (χ0n) is 16.0. The standard InChI is InChI=1S/C19H14F3N7O2/c1-11-14(9-26-16(27-11)15-23-6-3-7-24-15)31-18(30)28-29-10-12(8-19(20,21)22)13-4-2-5-25-17(13)29/h2-7,9-10H,8H2,1H3,(H,28,30). The number of rotatable bonds is 4. The number of carbonyl (C=O) groups is 1. The van der Waals surface area contributed by atoms with Crippen molar-refractivity contribution in [3.63, 3.8) is 0 Å². The average molecular weight is 429 g/mol. The Labute approximate surface area is 172 Å². The van der Waals surface area contributed by atoms with Gasteiger partial charge in [-0.25, -0.2) is 39.8 Å². The summed E-state index contributed by atoms with van der Waals surface area (Å²) in [5.41, 5.74) is 2.84. The summed E-state index contributed by atoms with van der Waals surface area (Å²) in [4.78, 5) is 32.8. The van der Waals surface area contributed by atoms with Crippen LogP contribution in [0.2, 0.25) is 0 Å². The van der Waals surface area contributed by atoms with E-state index in [0.717, 1.165) is 10.9 Å². The number of alkyl halides is 3. The number of ether oxygens (including phenoxy) is 1. The molecule has 0 aliphatic rings. The zero-order chi connectivity index (χ0) is 22.0. The van der Waals surface area contributed by atoms with Crippen molar-refractivity contribution in [2.75, 3.05) is 5.43 Å². The number of fused-ring (bicyclic) bond motifs is 1. The summed E-state index contributed by atoms with van der Waals surface area (Å²) in [6.07, 6.45) is 0.425. The Morgan fingerprint density at radius 1 is 1.10 bits per heavy atom. The molecule has 0 aliphatic carbocycles. The van der Waals surface area contributed by atoms with Crippen LogP contribution in [0.15, 0.2) is 49.2 Å². The molecule has 0 aromatic carbocycles. The summed E-state index contributed by atoms with van der Waals surface area (Å²) in [5, 5.41) is 0.270. The largest absolute Gasteiger partial charge is 0.432 e. The van der Waals surface area contributed by atoms with Gasteiger partial charge in [-0.1, -0.05) is 0 Å². The first-order valence-corrected chi connectivity index (χ1v) is 8.92. The van der Waals surface area contributed by atoms with Crippen molar-refractivity contribution in [3.05, 3.63) is 60.4 Å². The SMILES string of the molecule is Cc1nc(-c2ncccn2)ncc1OC(=O)Nn1cc(CC(F)(F)F)c2cccnc21. The summed E-state index contributed by atoms with van der Waals surface area (Å²) >= 11 is 0. The second-order valence-corrected chi connectivity index (χ2v) is 6.41. The third-order valence-corrected chi connectivity index (χ3v) is 4.15. The summed E-state index contributed by atoms with van der Waals surface area (Å²) in [6.45, 7) is 1.60. The molecule has 0 bridgehead atoms. The van der Waals surface area contributed by atoms with Gasteiger partial charge in [0.2, 0.25) is 0 Å². The zero-order valence-corrected chi connectivity index (χ0v) is 16.0. The molecule has 4 rings (SSSR count). The summed E-state index contributed by atoms with van der Waals surface area (Å²) in [5.74, 6) is 0.629. The molecular formula is C19H14F3N7O2. The third kappa shape index (κ3) is 4.57. The first-order chi connectivity index (χ1) is 14.8. The molecule has 158 valence electrons. The van der Waals surface area contributed by atoms with Crippen LogP contribution >= 0.6 is 0 Å². The molecule has 4 aromatic heterocycles. The maximum absolute atomic E-state index is 12.9. The Kier molecular flexibility index (Phi) is 5.19. The van der Waals surface area contributed by atoms with Crippen molar-refractivity contribution < 1.29 is 22.7 Å². The molecule has 0 aliphatic heterocycles. The van der Waals surface area contributed by atoms with Gasteiger partial charge in [-0.15, -0.1) is 0 Å². The lowest BCUT2D eigenvalue weighted by Crippen LogP contribution is -2.26. The van der Waals surface area contributed by atoms with Crippen LogP contribution in [-0.2, 0) is 6.42 Å². The van der Waals surface area contributed by atoms with Crippen LogP contribution in [0.4, 0.5) is 18.0 Å². The number of amides is 1. The molecule has 0 saturated heterocycles. The molecule has 0 radical (unpaired) electrons. The minimum atomic E-state index is -4.41. The lowest BCUT2D eigenvalue weighted by molar-refractivity contribution is -0.127. The number of aryl methyl sites for hydroxylation is 1. The Balaban J connectivity index is 1.54. The van der Waals surface area contributed by atoms with E-state index in [1.807, 2.05) is 0 Å². The lowest BCUT2D eigenvalue weighted by atomic mass is 10.1. The van der Waals surface area contributed by atoms with Gasteiger partial charge in [0.15, 0.2) is 23.0 Å². The molecule has 1 amide bonds. The van der Waals surface area contributed by atoms with E-state index in [-0.39, 0.29) is 28.2 Å². The van der Waals surface area contributed by atoms with E-state index in [9.17, 15) is 18.0 Å². The van der Waals surface area contributed by atoms with Crippen LogP contribution in [0.1, 0.15) is 11.3 Å². The normalized spacial score (nSPS) is 11.5. The van der Waals surface area contributed by atoms with Gasteiger partial charge in [0, 0.05) is 30.2 Å². The molecule has 9 nitrogen and oxygen atoms in total. The number of hydrogen-bond acceptors (Lipinski definition) is 7. The van der Waals surface area contributed by atoms with Crippen molar-refractivity contribution in [1.29, 1.82) is 0 Å². The molecule has 4 heterocycles. The summed E-state index contributed by atoms with van der Waals surface area (Å²) < 4.78 is 44.9. The quantitative estimate of drug-likeness (QED) is 0.529. The second-order valence-electron chi connectivity index (χ2n) is 6.41. The van der Waals surface area contributed by atoms with Crippen molar-refractivity contribution in [3.8, 4) is 17.4 Å². The lowest BCUT2D eigenvalue weighted by Gasteiger charge is -2.10. The summed E-state index contributed by atoms with van der Waals surface area (Å²) in [6, 6.07) is 4.66. The van der Waals surface area contributed by atoms with Crippen LogP contribution < -0.4 is 10.2 Å². The molecule has 0 unspecified atom stereocenters. The fourth-order valence-corrected chi connectivity index (χ4v) is 2.87. The predicted octanol–water partition coefficient (Wildman–Crippen LogP) is 3.44. The van der Waals surface area contributed by atoms with E-state index in [2.05, 4.69) is 30.3 Å². The number of halogens is 3. The Morgan fingerprint density at radius 3 is 2.55 bits per heavy atom. The van der Waals surface area contributed by atoms with Gasteiger partial charge in [0.25, 0.3) is 0 Å². The van der Waals surface area contributed by atoms with Gasteiger partial charge in [-0.2, -0.15) is 13.2 Å². The number of hydrogen-bond donors (Lipinski definition) is 1. The van der Waals surface area contributed by atoms with Crippen molar-refractivity contribution in [2.45, 2.75) is 19.5 Å². The summed E-state index contributed by atoms with van der Waals surface area (Å²) in [7, 11) is 0. The van der Waals surface area contributed by atoms with Crippen molar-refractivity contribution in [2.24, 2.45) is 0 Å². The molecule has 0 atom stereocenters. The van der Waals surface area contributed by atoms with E-state index in [1.165, 1.54) is 24.5 Å². The van der Waals surface area contributed by atoms with E-state index in [4.69, 9.17) is 4.74 Å². The highest BCUT2D eigenvalue weighted by atomic mass is 19.4. The number of nitrogens with zero attached hydrogens (tertiary/aromatic N) is 6. The number of aromatic nitrogens is 6. The maximum Gasteiger partial charge on any atom is 0.432 e. The molecule has 12 heteroatoms. The molecule has 4 aromatic rings. The highest BCUT2D eigenvalue weighted by Gasteiger charge is 2.30. The number of carbonyl (C=O) groups excluding carboxylic acids is 1. The van der Waals surface area contributed by atoms with Crippen LogP contribution in [0.5, 0.6) is 5.75 Å².